The van der Waals surface area contributed by atoms with Gasteiger partial charge >= 0.3 is 5.97 Å². The highest BCUT2D eigenvalue weighted by atomic mass is 16.4. The van der Waals surface area contributed by atoms with Gasteiger partial charge in [-0.05, 0) is 18.8 Å². The van der Waals surface area contributed by atoms with Gasteiger partial charge in [0.15, 0.2) is 0 Å². The van der Waals surface area contributed by atoms with Crippen molar-refractivity contribution in [3.63, 3.8) is 0 Å². The van der Waals surface area contributed by atoms with E-state index >= 15 is 0 Å². The van der Waals surface area contributed by atoms with Gasteiger partial charge in [0.1, 0.15) is 5.82 Å². The van der Waals surface area contributed by atoms with E-state index in [4.69, 9.17) is 5.11 Å². The molecule has 1 aliphatic rings. The van der Waals surface area contributed by atoms with Crippen molar-refractivity contribution >= 4 is 11.9 Å². The number of aryl methyl sites for hydroxylation is 1. The van der Waals surface area contributed by atoms with Gasteiger partial charge in [-0.25, -0.2) is 4.98 Å². The van der Waals surface area contributed by atoms with Crippen LogP contribution in [0.3, 0.4) is 0 Å². The highest BCUT2D eigenvalue weighted by Crippen LogP contribution is 2.36. The first-order valence-corrected chi connectivity index (χ1v) is 6.95. The Hall–Kier alpha value is -1.85. The molecular weight excluding hydrogens is 258 g/mol. The average Bonchev–Trinajstić information content (AvgIpc) is 2.96. The molecule has 1 aromatic heterocycles. The summed E-state index contributed by atoms with van der Waals surface area (Å²) < 4.78 is 1.91. The molecular formula is C14H21N3O3. The number of aliphatic carboxylic acids is 1. The molecule has 1 aromatic rings. The fraction of sp³-hybridized carbons (Fsp3) is 0.643. The van der Waals surface area contributed by atoms with E-state index in [1.54, 1.807) is 6.20 Å². The molecule has 0 bridgehead atoms. The summed E-state index contributed by atoms with van der Waals surface area (Å²) >= 11 is 0. The summed E-state index contributed by atoms with van der Waals surface area (Å²) in [4.78, 5) is 27.5. The van der Waals surface area contributed by atoms with Crippen LogP contribution >= 0.6 is 0 Å². The van der Waals surface area contributed by atoms with Crippen molar-refractivity contribution in [2.75, 3.05) is 6.54 Å². The van der Waals surface area contributed by atoms with E-state index in [1.165, 1.54) is 0 Å². The Kier molecular flexibility index (Phi) is 4.42. The van der Waals surface area contributed by atoms with Gasteiger partial charge in [-0.2, -0.15) is 0 Å². The van der Waals surface area contributed by atoms with Crippen molar-refractivity contribution in [1.82, 2.24) is 14.9 Å². The number of nitrogens with one attached hydrogen (secondary N) is 1. The Morgan fingerprint density at radius 3 is 2.75 bits per heavy atom. The van der Waals surface area contributed by atoms with E-state index in [-0.39, 0.29) is 5.91 Å². The van der Waals surface area contributed by atoms with Gasteiger partial charge in [-0.15, -0.1) is 0 Å². The summed E-state index contributed by atoms with van der Waals surface area (Å²) in [5, 5.41) is 12.0. The van der Waals surface area contributed by atoms with Gasteiger partial charge in [0.25, 0.3) is 0 Å². The quantitative estimate of drug-likeness (QED) is 0.836. The second-order valence-corrected chi connectivity index (χ2v) is 5.62. The smallest absolute Gasteiger partial charge is 0.307 e. The zero-order chi connectivity index (χ0) is 14.7. The van der Waals surface area contributed by atoms with Crippen molar-refractivity contribution in [3.05, 3.63) is 18.2 Å². The molecule has 20 heavy (non-hydrogen) atoms. The first-order chi connectivity index (χ1) is 9.49. The molecule has 0 aliphatic heterocycles. The molecule has 110 valence electrons. The first-order valence-electron chi connectivity index (χ1n) is 6.95. The lowest BCUT2D eigenvalue weighted by Crippen LogP contribution is -2.36. The number of imidazole rings is 1. The SMILES string of the molecule is CC1CC(C(=O)O)C(C(=O)NCCc2nccn2C)C1. The average molecular weight is 279 g/mol. The van der Waals surface area contributed by atoms with Crippen LogP contribution in [0.2, 0.25) is 0 Å². The molecule has 3 atom stereocenters. The summed E-state index contributed by atoms with van der Waals surface area (Å²) in [7, 11) is 1.91. The fourth-order valence-corrected chi connectivity index (χ4v) is 2.92. The number of carbonyl (C=O) groups excluding carboxylic acids is 1. The van der Waals surface area contributed by atoms with Gasteiger partial charge in [0.2, 0.25) is 5.91 Å². The molecule has 6 heteroatoms. The minimum absolute atomic E-state index is 0.143. The second-order valence-electron chi connectivity index (χ2n) is 5.62. The fourth-order valence-electron chi connectivity index (χ4n) is 2.92. The van der Waals surface area contributed by atoms with Crippen LogP contribution in [-0.2, 0) is 23.1 Å². The van der Waals surface area contributed by atoms with E-state index in [0.717, 1.165) is 5.82 Å². The van der Waals surface area contributed by atoms with E-state index < -0.39 is 17.8 Å². The molecule has 1 fully saturated rings. The van der Waals surface area contributed by atoms with Crippen LogP contribution < -0.4 is 5.32 Å². The summed E-state index contributed by atoms with van der Waals surface area (Å²) in [6.07, 6.45) is 5.47. The van der Waals surface area contributed by atoms with Crippen LogP contribution in [0.1, 0.15) is 25.6 Å². The number of carbonyl (C=O) groups is 2. The predicted octanol–water partition coefficient (Wildman–Crippen LogP) is 0.826. The topological polar surface area (TPSA) is 84.2 Å². The van der Waals surface area contributed by atoms with Crippen LogP contribution in [-0.4, -0.2) is 33.1 Å². The minimum Gasteiger partial charge on any atom is -0.481 e. The molecule has 0 spiro atoms. The Morgan fingerprint density at radius 1 is 1.45 bits per heavy atom. The molecule has 2 N–H and O–H groups in total. The standard InChI is InChI=1S/C14H21N3O3/c1-9-7-10(11(8-9)14(19)20)13(18)16-4-3-12-15-5-6-17(12)2/h5-6,9-11H,3-4,7-8H2,1-2H3,(H,16,18)(H,19,20). The van der Waals surface area contributed by atoms with Crippen molar-refractivity contribution in [2.45, 2.75) is 26.2 Å². The van der Waals surface area contributed by atoms with E-state index in [2.05, 4.69) is 10.3 Å². The van der Waals surface area contributed by atoms with Crippen LogP contribution in [0.15, 0.2) is 12.4 Å². The zero-order valence-corrected chi connectivity index (χ0v) is 11.9. The van der Waals surface area contributed by atoms with Crippen molar-refractivity contribution < 1.29 is 14.7 Å². The zero-order valence-electron chi connectivity index (χ0n) is 11.9. The maximum Gasteiger partial charge on any atom is 0.307 e. The highest BCUT2D eigenvalue weighted by molar-refractivity contribution is 5.85. The molecule has 0 saturated heterocycles. The summed E-state index contributed by atoms with van der Waals surface area (Å²) in [5.74, 6) is -0.752. The van der Waals surface area contributed by atoms with E-state index in [9.17, 15) is 9.59 Å². The van der Waals surface area contributed by atoms with E-state index in [1.807, 2.05) is 24.7 Å². The number of nitrogens with zero attached hydrogens (tertiary/aromatic N) is 2. The van der Waals surface area contributed by atoms with Crippen molar-refractivity contribution in [3.8, 4) is 0 Å². The van der Waals surface area contributed by atoms with Crippen LogP contribution in [0, 0.1) is 17.8 Å². The molecule has 1 saturated carbocycles. The second kappa shape index (κ2) is 6.07. The van der Waals surface area contributed by atoms with Gasteiger partial charge in [0.05, 0.1) is 11.8 Å². The monoisotopic (exact) mass is 279 g/mol. The largest absolute Gasteiger partial charge is 0.481 e. The van der Waals surface area contributed by atoms with Gasteiger partial charge in [-0.1, -0.05) is 6.92 Å². The van der Waals surface area contributed by atoms with E-state index in [0.29, 0.717) is 31.7 Å². The summed E-state index contributed by atoms with van der Waals surface area (Å²) in [5.41, 5.74) is 0. The maximum atomic E-state index is 12.1. The molecule has 0 radical (unpaired) electrons. The lowest BCUT2D eigenvalue weighted by Gasteiger charge is -2.15. The molecule has 1 aliphatic carbocycles. The molecule has 1 heterocycles. The number of rotatable bonds is 5. The summed E-state index contributed by atoms with van der Waals surface area (Å²) in [6.45, 7) is 2.48. The lowest BCUT2D eigenvalue weighted by atomic mass is 9.95. The maximum absolute atomic E-state index is 12.1. The van der Waals surface area contributed by atoms with Crippen molar-refractivity contribution in [2.24, 2.45) is 24.8 Å². The number of hydrogen-bond acceptors (Lipinski definition) is 3. The third-order valence-electron chi connectivity index (χ3n) is 4.02. The molecule has 6 nitrogen and oxygen atoms in total. The third kappa shape index (κ3) is 3.18. The lowest BCUT2D eigenvalue weighted by molar-refractivity contribution is -0.146. The number of aromatic nitrogens is 2. The molecule has 2 rings (SSSR count). The van der Waals surface area contributed by atoms with Crippen LogP contribution in [0.5, 0.6) is 0 Å². The Labute approximate surface area is 118 Å². The molecule has 1 amide bonds. The van der Waals surface area contributed by atoms with Crippen molar-refractivity contribution in [1.29, 1.82) is 0 Å². The van der Waals surface area contributed by atoms with Gasteiger partial charge in [0, 0.05) is 32.4 Å². The van der Waals surface area contributed by atoms with Crippen LogP contribution in [0.4, 0.5) is 0 Å². The number of carboxylic acid groups (broad SMARTS) is 1. The number of amides is 1. The number of carboxylic acids is 1. The Morgan fingerprint density at radius 2 is 2.15 bits per heavy atom. The molecule has 3 unspecified atom stereocenters. The summed E-state index contributed by atoms with van der Waals surface area (Å²) in [6, 6.07) is 0. The highest BCUT2D eigenvalue weighted by Gasteiger charge is 2.40. The molecule has 0 aromatic carbocycles. The minimum atomic E-state index is -0.862. The number of hydrogen-bond donors (Lipinski definition) is 2. The Bertz CT molecular complexity index is 498. The predicted molar refractivity (Wildman–Crippen MR) is 72.9 cm³/mol. The van der Waals surface area contributed by atoms with Crippen LogP contribution in [0.25, 0.3) is 0 Å². The van der Waals surface area contributed by atoms with Gasteiger partial charge in [-0.3, -0.25) is 9.59 Å². The Balaban J connectivity index is 1.85. The normalized spacial score (nSPS) is 25.6. The first kappa shape index (κ1) is 14.6. The van der Waals surface area contributed by atoms with Gasteiger partial charge < -0.3 is 15.0 Å². The third-order valence-corrected chi connectivity index (χ3v) is 4.02.